The number of aromatic nitrogens is 1. The normalized spacial score (nSPS) is 11.1. The summed E-state index contributed by atoms with van der Waals surface area (Å²) in [7, 11) is 4.14. The highest BCUT2D eigenvalue weighted by atomic mass is 16.3. The first-order chi connectivity index (χ1) is 6.24. The van der Waals surface area contributed by atoms with Crippen LogP contribution in [0.4, 0.5) is 0 Å². The predicted octanol–water partition coefficient (Wildman–Crippen LogP) is 0.932. The van der Waals surface area contributed by atoms with Crippen LogP contribution in [0, 0.1) is 0 Å². The standard InChI is InChI=1S/C10H18N2O/c1-11(2)6-4-8-12-7-3-5-10(12)9-13/h3,5,7,13H,4,6,8-9H2,1-2H3. The molecule has 0 aliphatic carbocycles. The summed E-state index contributed by atoms with van der Waals surface area (Å²) >= 11 is 0. The van der Waals surface area contributed by atoms with Crippen molar-refractivity contribution in [3.05, 3.63) is 24.0 Å². The van der Waals surface area contributed by atoms with Crippen molar-refractivity contribution >= 4 is 0 Å². The number of aliphatic hydroxyl groups is 1. The first kappa shape index (κ1) is 10.3. The summed E-state index contributed by atoms with van der Waals surface area (Å²) in [5.41, 5.74) is 0.999. The van der Waals surface area contributed by atoms with Crippen LogP contribution < -0.4 is 0 Å². The molecule has 0 radical (unpaired) electrons. The summed E-state index contributed by atoms with van der Waals surface area (Å²) in [6.45, 7) is 2.21. The second kappa shape index (κ2) is 5.04. The fourth-order valence-corrected chi connectivity index (χ4v) is 1.37. The molecule has 74 valence electrons. The van der Waals surface area contributed by atoms with Gasteiger partial charge in [0.1, 0.15) is 0 Å². The summed E-state index contributed by atoms with van der Waals surface area (Å²) in [6, 6.07) is 3.93. The number of hydrogen-bond acceptors (Lipinski definition) is 2. The van der Waals surface area contributed by atoms with Crippen molar-refractivity contribution in [3.63, 3.8) is 0 Å². The molecular weight excluding hydrogens is 164 g/mol. The number of aliphatic hydroxyl groups excluding tert-OH is 1. The Morgan fingerprint density at radius 1 is 1.46 bits per heavy atom. The van der Waals surface area contributed by atoms with E-state index in [1.165, 1.54) is 0 Å². The van der Waals surface area contributed by atoms with E-state index in [-0.39, 0.29) is 6.61 Å². The third-order valence-corrected chi connectivity index (χ3v) is 2.09. The quantitative estimate of drug-likeness (QED) is 0.734. The Labute approximate surface area is 79.6 Å². The Bertz CT molecular complexity index is 243. The van der Waals surface area contributed by atoms with Crippen LogP contribution in [-0.4, -0.2) is 35.2 Å². The van der Waals surface area contributed by atoms with E-state index >= 15 is 0 Å². The molecule has 1 aromatic rings. The summed E-state index contributed by atoms with van der Waals surface area (Å²) in [6.07, 6.45) is 3.13. The van der Waals surface area contributed by atoms with Crippen molar-refractivity contribution < 1.29 is 5.11 Å². The van der Waals surface area contributed by atoms with Gasteiger partial charge in [0, 0.05) is 18.4 Å². The van der Waals surface area contributed by atoms with Gasteiger partial charge in [-0.3, -0.25) is 0 Å². The first-order valence-corrected chi connectivity index (χ1v) is 4.63. The van der Waals surface area contributed by atoms with E-state index in [1.807, 2.05) is 18.3 Å². The van der Waals surface area contributed by atoms with Crippen molar-refractivity contribution in [3.8, 4) is 0 Å². The lowest BCUT2D eigenvalue weighted by molar-refractivity contribution is 0.269. The zero-order valence-electron chi connectivity index (χ0n) is 8.40. The number of hydrogen-bond donors (Lipinski definition) is 1. The van der Waals surface area contributed by atoms with Crippen LogP contribution in [-0.2, 0) is 13.2 Å². The minimum atomic E-state index is 0.134. The van der Waals surface area contributed by atoms with Gasteiger partial charge in [0.2, 0.25) is 0 Å². The molecule has 0 spiro atoms. The molecule has 0 aromatic carbocycles. The van der Waals surface area contributed by atoms with E-state index in [1.54, 1.807) is 0 Å². The fraction of sp³-hybridized carbons (Fsp3) is 0.600. The van der Waals surface area contributed by atoms with Crippen molar-refractivity contribution in [1.82, 2.24) is 9.47 Å². The lowest BCUT2D eigenvalue weighted by atomic mass is 10.4. The summed E-state index contributed by atoms with van der Waals surface area (Å²) in [4.78, 5) is 2.17. The average Bonchev–Trinajstić information content (AvgIpc) is 2.51. The van der Waals surface area contributed by atoms with Crippen LogP contribution in [0.3, 0.4) is 0 Å². The van der Waals surface area contributed by atoms with Crippen LogP contribution in [0.1, 0.15) is 12.1 Å². The molecule has 1 rings (SSSR count). The van der Waals surface area contributed by atoms with Crippen LogP contribution in [0.15, 0.2) is 18.3 Å². The smallest absolute Gasteiger partial charge is 0.0832 e. The Morgan fingerprint density at radius 3 is 2.85 bits per heavy atom. The molecule has 0 fully saturated rings. The van der Waals surface area contributed by atoms with Gasteiger partial charge in [-0.1, -0.05) is 0 Å². The van der Waals surface area contributed by atoms with E-state index in [4.69, 9.17) is 5.11 Å². The van der Waals surface area contributed by atoms with Gasteiger partial charge in [-0.2, -0.15) is 0 Å². The third-order valence-electron chi connectivity index (χ3n) is 2.09. The van der Waals surface area contributed by atoms with Gasteiger partial charge in [-0.15, -0.1) is 0 Å². The maximum absolute atomic E-state index is 8.98. The van der Waals surface area contributed by atoms with E-state index < -0.39 is 0 Å². The molecule has 0 atom stereocenters. The molecule has 0 unspecified atom stereocenters. The second-order valence-corrected chi connectivity index (χ2v) is 3.51. The summed E-state index contributed by atoms with van der Waals surface area (Å²) in [5.74, 6) is 0. The second-order valence-electron chi connectivity index (χ2n) is 3.51. The van der Waals surface area contributed by atoms with Crippen LogP contribution in [0.2, 0.25) is 0 Å². The molecule has 0 bridgehead atoms. The van der Waals surface area contributed by atoms with Crippen LogP contribution in [0.5, 0.6) is 0 Å². The minimum Gasteiger partial charge on any atom is -0.390 e. The van der Waals surface area contributed by atoms with Crippen molar-refractivity contribution in [2.45, 2.75) is 19.6 Å². The maximum atomic E-state index is 8.98. The highest BCUT2D eigenvalue weighted by Crippen LogP contribution is 2.03. The molecule has 0 saturated carbocycles. The van der Waals surface area contributed by atoms with Gasteiger partial charge in [0.25, 0.3) is 0 Å². The molecular formula is C10H18N2O. The molecule has 0 aliphatic heterocycles. The minimum absolute atomic E-state index is 0.134. The van der Waals surface area contributed by atoms with Crippen LogP contribution in [0.25, 0.3) is 0 Å². The number of aryl methyl sites for hydroxylation is 1. The van der Waals surface area contributed by atoms with Gasteiger partial charge < -0.3 is 14.6 Å². The lowest BCUT2D eigenvalue weighted by Gasteiger charge is -2.11. The Kier molecular flexibility index (Phi) is 3.99. The monoisotopic (exact) mass is 182 g/mol. The fourth-order valence-electron chi connectivity index (χ4n) is 1.37. The van der Waals surface area contributed by atoms with E-state index in [0.29, 0.717) is 0 Å². The van der Waals surface area contributed by atoms with E-state index in [0.717, 1.165) is 25.2 Å². The van der Waals surface area contributed by atoms with Gasteiger partial charge in [-0.05, 0) is 39.2 Å². The van der Waals surface area contributed by atoms with E-state index in [2.05, 4.69) is 23.6 Å². The SMILES string of the molecule is CN(C)CCCn1cccc1CO. The van der Waals surface area contributed by atoms with Crippen LogP contribution >= 0.6 is 0 Å². The Balaban J connectivity index is 2.36. The molecule has 0 saturated heterocycles. The van der Waals surface area contributed by atoms with Gasteiger partial charge >= 0.3 is 0 Å². The van der Waals surface area contributed by atoms with Gasteiger partial charge in [0.15, 0.2) is 0 Å². The third kappa shape index (κ3) is 3.20. The Morgan fingerprint density at radius 2 is 2.23 bits per heavy atom. The molecule has 1 aromatic heterocycles. The molecule has 3 heteroatoms. The maximum Gasteiger partial charge on any atom is 0.0832 e. The predicted molar refractivity (Wildman–Crippen MR) is 53.5 cm³/mol. The van der Waals surface area contributed by atoms with Gasteiger partial charge in [0.05, 0.1) is 6.61 Å². The molecule has 0 aliphatic rings. The highest BCUT2D eigenvalue weighted by Gasteiger charge is 1.98. The Hall–Kier alpha value is -0.800. The van der Waals surface area contributed by atoms with Crippen molar-refractivity contribution in [2.75, 3.05) is 20.6 Å². The zero-order valence-corrected chi connectivity index (χ0v) is 8.40. The number of nitrogens with zero attached hydrogens (tertiary/aromatic N) is 2. The first-order valence-electron chi connectivity index (χ1n) is 4.63. The largest absolute Gasteiger partial charge is 0.390 e. The lowest BCUT2D eigenvalue weighted by Crippen LogP contribution is -2.15. The topological polar surface area (TPSA) is 28.4 Å². The van der Waals surface area contributed by atoms with Crippen molar-refractivity contribution in [2.24, 2.45) is 0 Å². The van der Waals surface area contributed by atoms with E-state index in [9.17, 15) is 0 Å². The van der Waals surface area contributed by atoms with Gasteiger partial charge in [-0.25, -0.2) is 0 Å². The van der Waals surface area contributed by atoms with Crippen molar-refractivity contribution in [1.29, 1.82) is 0 Å². The summed E-state index contributed by atoms with van der Waals surface area (Å²) in [5, 5.41) is 8.98. The molecule has 0 amide bonds. The molecule has 3 nitrogen and oxygen atoms in total. The highest BCUT2D eigenvalue weighted by molar-refractivity contribution is 5.05. The summed E-state index contributed by atoms with van der Waals surface area (Å²) < 4.78 is 2.10. The molecule has 1 heterocycles. The number of rotatable bonds is 5. The molecule has 1 N–H and O–H groups in total. The average molecular weight is 182 g/mol. The molecule has 13 heavy (non-hydrogen) atoms. The zero-order chi connectivity index (χ0) is 9.68.